The third-order valence-electron chi connectivity index (χ3n) is 3.26. The second-order valence-electron chi connectivity index (χ2n) is 4.93. The quantitative estimate of drug-likeness (QED) is 0.809. The van der Waals surface area contributed by atoms with Crippen LogP contribution >= 0.6 is 0 Å². The summed E-state index contributed by atoms with van der Waals surface area (Å²) in [5, 5.41) is 3.35. The second-order valence-corrected chi connectivity index (χ2v) is 4.93. The fourth-order valence-corrected chi connectivity index (χ4v) is 2.49. The van der Waals surface area contributed by atoms with Crippen LogP contribution in [0.15, 0.2) is 30.3 Å². The van der Waals surface area contributed by atoms with Gasteiger partial charge in [-0.05, 0) is 25.8 Å². The molecule has 0 saturated heterocycles. The molecule has 92 valence electrons. The molecular weight excluding hydrogens is 214 g/mol. The van der Waals surface area contributed by atoms with E-state index in [0.717, 1.165) is 6.42 Å². The number of methoxy groups -OCH3 is 1. The van der Waals surface area contributed by atoms with Gasteiger partial charge in [0.1, 0.15) is 5.54 Å². The average molecular weight is 233 g/mol. The lowest BCUT2D eigenvalue weighted by molar-refractivity contribution is -0.144. The summed E-state index contributed by atoms with van der Waals surface area (Å²) in [6, 6.07) is 10.4. The number of hydrogen-bond acceptors (Lipinski definition) is 3. The molecule has 1 aromatic carbocycles. The first-order valence-electron chi connectivity index (χ1n) is 6.01. The van der Waals surface area contributed by atoms with Crippen LogP contribution < -0.4 is 5.32 Å². The molecule has 0 spiro atoms. The summed E-state index contributed by atoms with van der Waals surface area (Å²) in [7, 11) is 1.45. The molecule has 0 aliphatic heterocycles. The van der Waals surface area contributed by atoms with Gasteiger partial charge in [-0.25, -0.2) is 0 Å². The molecule has 0 heterocycles. The van der Waals surface area contributed by atoms with Gasteiger partial charge in [-0.15, -0.1) is 0 Å². The maximum absolute atomic E-state index is 11.9. The molecule has 0 bridgehead atoms. The zero-order valence-electron chi connectivity index (χ0n) is 10.6. The Labute approximate surface area is 102 Å². The summed E-state index contributed by atoms with van der Waals surface area (Å²) in [6.07, 6.45) is 0.821. The van der Waals surface area contributed by atoms with Crippen LogP contribution in [0.3, 0.4) is 0 Å². The maximum atomic E-state index is 11.9. The first kappa shape index (κ1) is 12.1. The standard InChI is InChI=1S/C14H19NO2/c1-10(2)15-14(13(16)17-3)9-12(14)11-7-5-4-6-8-11/h4-8,10,12,15H,9H2,1-3H3/t12-,14-/m1/s1. The summed E-state index contributed by atoms with van der Waals surface area (Å²) < 4.78 is 4.93. The fourth-order valence-electron chi connectivity index (χ4n) is 2.49. The Morgan fingerprint density at radius 3 is 2.59 bits per heavy atom. The predicted octanol–water partition coefficient (Wildman–Crippen LogP) is 2.08. The highest BCUT2D eigenvalue weighted by atomic mass is 16.5. The predicted molar refractivity (Wildman–Crippen MR) is 66.8 cm³/mol. The Morgan fingerprint density at radius 2 is 2.06 bits per heavy atom. The molecule has 17 heavy (non-hydrogen) atoms. The van der Waals surface area contributed by atoms with Crippen molar-refractivity contribution >= 4 is 5.97 Å². The third-order valence-corrected chi connectivity index (χ3v) is 3.26. The minimum atomic E-state index is -0.510. The number of ether oxygens (including phenoxy) is 1. The molecule has 2 rings (SSSR count). The van der Waals surface area contributed by atoms with Gasteiger partial charge in [0.15, 0.2) is 0 Å². The highest BCUT2D eigenvalue weighted by Gasteiger charge is 2.61. The Morgan fingerprint density at radius 1 is 1.41 bits per heavy atom. The van der Waals surface area contributed by atoms with Crippen molar-refractivity contribution < 1.29 is 9.53 Å². The topological polar surface area (TPSA) is 38.3 Å². The van der Waals surface area contributed by atoms with Gasteiger partial charge in [0.25, 0.3) is 0 Å². The lowest BCUT2D eigenvalue weighted by Gasteiger charge is -2.19. The number of carbonyl (C=O) groups is 1. The highest BCUT2D eigenvalue weighted by molar-refractivity contribution is 5.87. The van der Waals surface area contributed by atoms with Crippen molar-refractivity contribution in [1.29, 1.82) is 0 Å². The normalized spacial score (nSPS) is 26.9. The Hall–Kier alpha value is -1.35. The second kappa shape index (κ2) is 4.49. The monoisotopic (exact) mass is 233 g/mol. The van der Waals surface area contributed by atoms with Gasteiger partial charge in [-0.1, -0.05) is 30.3 Å². The molecule has 1 aromatic rings. The molecule has 1 N–H and O–H groups in total. The molecule has 0 unspecified atom stereocenters. The van der Waals surface area contributed by atoms with Crippen LogP contribution in [0, 0.1) is 0 Å². The molecule has 1 aliphatic rings. The molecule has 1 aliphatic carbocycles. The van der Waals surface area contributed by atoms with Crippen molar-refractivity contribution in [2.45, 2.75) is 37.8 Å². The molecule has 0 amide bonds. The number of benzene rings is 1. The van der Waals surface area contributed by atoms with Crippen LogP contribution in [0.5, 0.6) is 0 Å². The number of esters is 1. The Kier molecular flexibility index (Phi) is 3.20. The van der Waals surface area contributed by atoms with Crippen LogP contribution in [-0.4, -0.2) is 24.7 Å². The number of carbonyl (C=O) groups excluding carboxylic acids is 1. The van der Waals surface area contributed by atoms with Crippen molar-refractivity contribution in [3.05, 3.63) is 35.9 Å². The van der Waals surface area contributed by atoms with Crippen LogP contribution in [0.1, 0.15) is 31.7 Å². The molecule has 3 heteroatoms. The van der Waals surface area contributed by atoms with Gasteiger partial charge >= 0.3 is 5.97 Å². The lowest BCUT2D eigenvalue weighted by atomic mass is 10.1. The zero-order valence-corrected chi connectivity index (χ0v) is 10.6. The van der Waals surface area contributed by atoms with E-state index in [1.54, 1.807) is 0 Å². The average Bonchev–Trinajstić information content (AvgIpc) is 3.04. The van der Waals surface area contributed by atoms with Crippen molar-refractivity contribution in [3.63, 3.8) is 0 Å². The SMILES string of the molecule is COC(=O)[C@@]1(NC(C)C)C[C@@H]1c1ccccc1. The van der Waals surface area contributed by atoms with E-state index in [-0.39, 0.29) is 17.9 Å². The summed E-state index contributed by atoms with van der Waals surface area (Å²) in [6.45, 7) is 4.09. The molecule has 0 aromatic heterocycles. The number of rotatable bonds is 4. The van der Waals surface area contributed by atoms with E-state index in [2.05, 4.69) is 17.4 Å². The first-order valence-corrected chi connectivity index (χ1v) is 6.01. The Balaban J connectivity index is 2.20. The van der Waals surface area contributed by atoms with Crippen molar-refractivity contribution in [2.24, 2.45) is 0 Å². The summed E-state index contributed by atoms with van der Waals surface area (Å²) in [5.74, 6) is 0.0820. The van der Waals surface area contributed by atoms with E-state index in [9.17, 15) is 4.79 Å². The van der Waals surface area contributed by atoms with Gasteiger partial charge in [-0.2, -0.15) is 0 Å². The van der Waals surface area contributed by atoms with Crippen LogP contribution in [0.25, 0.3) is 0 Å². The van der Waals surface area contributed by atoms with Crippen LogP contribution in [0.2, 0.25) is 0 Å². The molecule has 1 saturated carbocycles. The summed E-state index contributed by atoms with van der Waals surface area (Å²) >= 11 is 0. The Bertz CT molecular complexity index is 402. The first-order chi connectivity index (χ1) is 8.10. The van der Waals surface area contributed by atoms with E-state index in [1.165, 1.54) is 12.7 Å². The van der Waals surface area contributed by atoms with Crippen LogP contribution in [-0.2, 0) is 9.53 Å². The molecule has 1 fully saturated rings. The van der Waals surface area contributed by atoms with E-state index in [1.807, 2.05) is 32.0 Å². The number of hydrogen-bond donors (Lipinski definition) is 1. The molecule has 0 radical (unpaired) electrons. The fraction of sp³-hybridized carbons (Fsp3) is 0.500. The summed E-state index contributed by atoms with van der Waals surface area (Å²) in [4.78, 5) is 11.9. The van der Waals surface area contributed by atoms with E-state index in [0.29, 0.717) is 0 Å². The van der Waals surface area contributed by atoms with Gasteiger partial charge in [0, 0.05) is 12.0 Å². The zero-order chi connectivity index (χ0) is 12.5. The summed E-state index contributed by atoms with van der Waals surface area (Å²) in [5.41, 5.74) is 0.690. The van der Waals surface area contributed by atoms with E-state index < -0.39 is 5.54 Å². The van der Waals surface area contributed by atoms with Crippen molar-refractivity contribution in [1.82, 2.24) is 5.32 Å². The van der Waals surface area contributed by atoms with Crippen molar-refractivity contribution in [2.75, 3.05) is 7.11 Å². The van der Waals surface area contributed by atoms with Gasteiger partial charge < -0.3 is 4.74 Å². The lowest BCUT2D eigenvalue weighted by Crippen LogP contribution is -2.45. The highest BCUT2D eigenvalue weighted by Crippen LogP contribution is 2.52. The van der Waals surface area contributed by atoms with Gasteiger partial charge in [0.2, 0.25) is 0 Å². The molecular formula is C14H19NO2. The van der Waals surface area contributed by atoms with Gasteiger partial charge in [0.05, 0.1) is 7.11 Å². The molecule has 2 atom stereocenters. The van der Waals surface area contributed by atoms with Gasteiger partial charge in [-0.3, -0.25) is 10.1 Å². The molecule has 3 nitrogen and oxygen atoms in total. The third kappa shape index (κ3) is 2.20. The van der Waals surface area contributed by atoms with E-state index in [4.69, 9.17) is 4.74 Å². The van der Waals surface area contributed by atoms with E-state index >= 15 is 0 Å². The minimum Gasteiger partial charge on any atom is -0.468 e. The smallest absolute Gasteiger partial charge is 0.326 e. The maximum Gasteiger partial charge on any atom is 0.326 e. The number of nitrogens with one attached hydrogen (secondary N) is 1. The minimum absolute atomic E-state index is 0.153. The van der Waals surface area contributed by atoms with Crippen LogP contribution in [0.4, 0.5) is 0 Å². The van der Waals surface area contributed by atoms with Crippen molar-refractivity contribution in [3.8, 4) is 0 Å². The largest absolute Gasteiger partial charge is 0.468 e.